The van der Waals surface area contributed by atoms with Crippen molar-refractivity contribution in [2.45, 2.75) is 0 Å². The van der Waals surface area contributed by atoms with Crippen LogP contribution in [0.2, 0.25) is 0 Å². The first-order valence-corrected chi connectivity index (χ1v) is 5.94. The van der Waals surface area contributed by atoms with Crippen LogP contribution in [0, 0.1) is 0 Å². The number of rotatable bonds is 6. The summed E-state index contributed by atoms with van der Waals surface area (Å²) >= 11 is 0. The van der Waals surface area contributed by atoms with Crippen LogP contribution in [0.5, 0.6) is 0 Å². The van der Waals surface area contributed by atoms with Gasteiger partial charge >= 0.3 is 0 Å². The molecule has 1 rings (SSSR count). The van der Waals surface area contributed by atoms with E-state index in [1.165, 1.54) is 4.90 Å². The first-order chi connectivity index (χ1) is 9.04. The summed E-state index contributed by atoms with van der Waals surface area (Å²) in [5.41, 5.74) is 6.33. The Morgan fingerprint density at radius 1 is 1.37 bits per heavy atom. The predicted molar refractivity (Wildman–Crippen MR) is 73.0 cm³/mol. The van der Waals surface area contributed by atoms with E-state index in [0.29, 0.717) is 24.4 Å². The molecule has 0 spiro atoms. The Hall–Kier alpha value is -1.92. The molecule has 2 amide bonds. The van der Waals surface area contributed by atoms with Gasteiger partial charge in [0.2, 0.25) is 5.91 Å². The average molecular weight is 265 g/mol. The highest BCUT2D eigenvalue weighted by atomic mass is 16.5. The third kappa shape index (κ3) is 5.07. The van der Waals surface area contributed by atoms with E-state index < -0.39 is 0 Å². The Bertz CT molecular complexity index is 447. The smallest absolute Gasteiger partial charge is 0.253 e. The Labute approximate surface area is 112 Å². The molecule has 0 aliphatic rings. The summed E-state index contributed by atoms with van der Waals surface area (Å²) in [4.78, 5) is 24.8. The van der Waals surface area contributed by atoms with E-state index in [1.54, 1.807) is 38.4 Å². The van der Waals surface area contributed by atoms with Crippen LogP contribution in [-0.4, -0.2) is 50.6 Å². The summed E-state index contributed by atoms with van der Waals surface area (Å²) in [6.45, 7) is 0.662. The molecular formula is C13H19N3O3. The molecule has 0 aliphatic heterocycles. The lowest BCUT2D eigenvalue weighted by Crippen LogP contribution is -2.23. The molecule has 0 saturated carbocycles. The second-order valence-electron chi connectivity index (χ2n) is 4.17. The number of anilines is 1. The van der Waals surface area contributed by atoms with Crippen molar-refractivity contribution in [3.05, 3.63) is 29.8 Å². The molecular weight excluding hydrogens is 246 g/mol. The quantitative estimate of drug-likeness (QED) is 0.725. The van der Waals surface area contributed by atoms with Crippen LogP contribution < -0.4 is 11.1 Å². The van der Waals surface area contributed by atoms with Crippen LogP contribution in [0.1, 0.15) is 10.4 Å². The highest BCUT2D eigenvalue weighted by Crippen LogP contribution is 2.11. The molecule has 0 radical (unpaired) electrons. The summed E-state index contributed by atoms with van der Waals surface area (Å²) < 4.78 is 5.02. The van der Waals surface area contributed by atoms with Crippen molar-refractivity contribution in [1.82, 2.24) is 4.90 Å². The molecule has 0 aliphatic carbocycles. The highest BCUT2D eigenvalue weighted by molar-refractivity contribution is 5.97. The molecule has 0 unspecified atom stereocenters. The lowest BCUT2D eigenvalue weighted by Gasteiger charge is -2.11. The van der Waals surface area contributed by atoms with Crippen LogP contribution in [0.4, 0.5) is 5.69 Å². The Morgan fingerprint density at radius 3 is 2.74 bits per heavy atom. The van der Waals surface area contributed by atoms with Crippen molar-refractivity contribution < 1.29 is 14.3 Å². The zero-order valence-electron chi connectivity index (χ0n) is 11.2. The monoisotopic (exact) mass is 265 g/mol. The van der Waals surface area contributed by atoms with Crippen molar-refractivity contribution in [2.75, 3.05) is 39.2 Å². The number of ether oxygens (including phenoxy) is 1. The molecule has 104 valence electrons. The van der Waals surface area contributed by atoms with Crippen LogP contribution in [-0.2, 0) is 9.53 Å². The molecule has 1 aromatic rings. The number of nitrogens with two attached hydrogens (primary N) is 1. The molecule has 1 aromatic carbocycles. The maximum absolute atomic E-state index is 11.8. The number of carbonyl (C=O) groups excluding carboxylic acids is 2. The van der Waals surface area contributed by atoms with E-state index in [0.717, 1.165) is 0 Å². The van der Waals surface area contributed by atoms with Gasteiger partial charge in [0.15, 0.2) is 0 Å². The van der Waals surface area contributed by atoms with Gasteiger partial charge in [0, 0.05) is 31.9 Å². The van der Waals surface area contributed by atoms with E-state index in [4.69, 9.17) is 10.5 Å². The zero-order chi connectivity index (χ0) is 14.3. The van der Waals surface area contributed by atoms with Crippen molar-refractivity contribution >= 4 is 17.5 Å². The van der Waals surface area contributed by atoms with Crippen LogP contribution in [0.25, 0.3) is 0 Å². The van der Waals surface area contributed by atoms with E-state index in [1.807, 2.05) is 0 Å². The van der Waals surface area contributed by atoms with Gasteiger partial charge in [-0.15, -0.1) is 0 Å². The fourth-order valence-corrected chi connectivity index (χ4v) is 1.43. The molecule has 0 saturated heterocycles. The van der Waals surface area contributed by atoms with Gasteiger partial charge in [0.05, 0.1) is 6.61 Å². The third-order valence-corrected chi connectivity index (χ3v) is 2.29. The number of hydrogen-bond donors (Lipinski definition) is 2. The van der Waals surface area contributed by atoms with Crippen molar-refractivity contribution in [3.63, 3.8) is 0 Å². The normalized spacial score (nSPS) is 10.1. The van der Waals surface area contributed by atoms with Crippen molar-refractivity contribution in [2.24, 2.45) is 5.73 Å². The minimum Gasteiger partial charge on any atom is -0.370 e. The molecule has 19 heavy (non-hydrogen) atoms. The van der Waals surface area contributed by atoms with Gasteiger partial charge in [-0.2, -0.15) is 0 Å². The van der Waals surface area contributed by atoms with E-state index in [-0.39, 0.29) is 18.4 Å². The first kappa shape index (κ1) is 15.1. The summed E-state index contributed by atoms with van der Waals surface area (Å²) in [6.07, 6.45) is 0. The maximum atomic E-state index is 11.8. The van der Waals surface area contributed by atoms with Crippen LogP contribution in [0.3, 0.4) is 0 Å². The van der Waals surface area contributed by atoms with Gasteiger partial charge in [-0.25, -0.2) is 0 Å². The van der Waals surface area contributed by atoms with E-state index >= 15 is 0 Å². The maximum Gasteiger partial charge on any atom is 0.253 e. The van der Waals surface area contributed by atoms with Gasteiger partial charge in [-0.05, 0) is 18.2 Å². The molecule has 6 nitrogen and oxygen atoms in total. The molecule has 0 aromatic heterocycles. The fourth-order valence-electron chi connectivity index (χ4n) is 1.43. The molecule has 6 heteroatoms. The standard InChI is InChI=1S/C13H19N3O3/c1-16(2)13(18)10-4-3-5-11(8-10)15-12(17)9-19-7-6-14/h3-5,8H,6-7,9,14H2,1-2H3,(H,15,17). The Kier molecular flexibility index (Phi) is 5.98. The topological polar surface area (TPSA) is 84.7 Å². The highest BCUT2D eigenvalue weighted by Gasteiger charge is 2.09. The minimum atomic E-state index is -0.275. The third-order valence-electron chi connectivity index (χ3n) is 2.29. The Balaban J connectivity index is 2.62. The second kappa shape index (κ2) is 7.50. The van der Waals surface area contributed by atoms with Crippen LogP contribution >= 0.6 is 0 Å². The fraction of sp³-hybridized carbons (Fsp3) is 0.385. The SMILES string of the molecule is CN(C)C(=O)c1cccc(NC(=O)COCCN)c1. The molecule has 0 atom stereocenters. The molecule has 3 N–H and O–H groups in total. The number of amides is 2. The lowest BCUT2D eigenvalue weighted by molar-refractivity contribution is -0.120. The van der Waals surface area contributed by atoms with Gasteiger partial charge in [-0.1, -0.05) is 6.07 Å². The number of carbonyl (C=O) groups is 2. The average Bonchev–Trinajstić information content (AvgIpc) is 2.38. The van der Waals surface area contributed by atoms with E-state index in [2.05, 4.69) is 5.32 Å². The van der Waals surface area contributed by atoms with Gasteiger partial charge in [-0.3, -0.25) is 9.59 Å². The summed E-state index contributed by atoms with van der Waals surface area (Å²) in [6, 6.07) is 6.76. The second-order valence-corrected chi connectivity index (χ2v) is 4.17. The largest absolute Gasteiger partial charge is 0.370 e. The van der Waals surface area contributed by atoms with E-state index in [9.17, 15) is 9.59 Å². The van der Waals surface area contributed by atoms with Crippen molar-refractivity contribution in [1.29, 1.82) is 0 Å². The molecule has 0 fully saturated rings. The zero-order valence-corrected chi connectivity index (χ0v) is 11.2. The summed E-state index contributed by atoms with van der Waals surface area (Å²) in [5, 5.41) is 2.66. The number of nitrogens with zero attached hydrogens (tertiary/aromatic N) is 1. The number of benzene rings is 1. The van der Waals surface area contributed by atoms with Gasteiger partial charge in [0.1, 0.15) is 6.61 Å². The number of nitrogens with one attached hydrogen (secondary N) is 1. The molecule has 0 bridgehead atoms. The lowest BCUT2D eigenvalue weighted by atomic mass is 10.2. The minimum absolute atomic E-state index is 0.0525. The van der Waals surface area contributed by atoms with Crippen molar-refractivity contribution in [3.8, 4) is 0 Å². The summed E-state index contributed by atoms with van der Waals surface area (Å²) in [5.74, 6) is -0.390. The predicted octanol–water partition coefficient (Wildman–Crippen LogP) is 0.302. The summed E-state index contributed by atoms with van der Waals surface area (Å²) in [7, 11) is 3.35. The van der Waals surface area contributed by atoms with Crippen LogP contribution in [0.15, 0.2) is 24.3 Å². The molecule has 0 heterocycles. The van der Waals surface area contributed by atoms with Gasteiger partial charge < -0.3 is 20.7 Å². The Morgan fingerprint density at radius 2 is 2.11 bits per heavy atom. The number of hydrogen-bond acceptors (Lipinski definition) is 4. The first-order valence-electron chi connectivity index (χ1n) is 5.94. The van der Waals surface area contributed by atoms with Gasteiger partial charge in [0.25, 0.3) is 5.91 Å².